The van der Waals surface area contributed by atoms with Gasteiger partial charge < -0.3 is 5.73 Å². The van der Waals surface area contributed by atoms with Crippen molar-refractivity contribution in [2.24, 2.45) is 0 Å². The van der Waals surface area contributed by atoms with E-state index in [-0.39, 0.29) is 5.25 Å². The number of thioether (sulfide) groups is 1. The maximum Gasteiger partial charge on any atom is 0.0935 e. The van der Waals surface area contributed by atoms with E-state index in [1.165, 1.54) is 11.8 Å². The van der Waals surface area contributed by atoms with Gasteiger partial charge in [-0.2, -0.15) is 5.26 Å². The Balaban J connectivity index is 2.66. The summed E-state index contributed by atoms with van der Waals surface area (Å²) in [6.45, 7) is 1.88. The summed E-state index contributed by atoms with van der Waals surface area (Å²) in [4.78, 5) is 1.08. The molecular weight excluding hydrogens is 168 g/mol. The summed E-state index contributed by atoms with van der Waals surface area (Å²) in [6.07, 6.45) is 0. The van der Waals surface area contributed by atoms with Crippen molar-refractivity contribution in [2.45, 2.75) is 17.1 Å². The molecule has 0 aliphatic heterocycles. The van der Waals surface area contributed by atoms with Crippen molar-refractivity contribution >= 4 is 17.4 Å². The number of nitrogens with two attached hydrogens (primary N) is 1. The summed E-state index contributed by atoms with van der Waals surface area (Å²) < 4.78 is 0. The van der Waals surface area contributed by atoms with E-state index in [0.29, 0.717) is 0 Å². The minimum atomic E-state index is -0.00590. The number of rotatable bonds is 2. The average molecular weight is 178 g/mol. The fraction of sp³-hybridized carbons (Fsp3) is 0.222. The second-order valence-electron chi connectivity index (χ2n) is 2.46. The third kappa shape index (κ3) is 2.48. The van der Waals surface area contributed by atoms with Crippen LogP contribution < -0.4 is 5.73 Å². The smallest absolute Gasteiger partial charge is 0.0935 e. The minimum Gasteiger partial charge on any atom is -0.399 e. The Labute approximate surface area is 76.4 Å². The van der Waals surface area contributed by atoms with Crippen LogP contribution in [0.15, 0.2) is 29.2 Å². The van der Waals surface area contributed by atoms with Crippen LogP contribution in [0.4, 0.5) is 5.69 Å². The van der Waals surface area contributed by atoms with E-state index in [9.17, 15) is 0 Å². The Kier molecular flexibility index (Phi) is 3.01. The molecule has 0 aliphatic rings. The highest BCUT2D eigenvalue weighted by Gasteiger charge is 2.00. The highest BCUT2D eigenvalue weighted by Crippen LogP contribution is 2.23. The van der Waals surface area contributed by atoms with Crippen molar-refractivity contribution in [2.75, 3.05) is 5.73 Å². The van der Waals surface area contributed by atoms with Crippen LogP contribution in [-0.4, -0.2) is 5.25 Å². The summed E-state index contributed by atoms with van der Waals surface area (Å²) in [5.41, 5.74) is 6.27. The van der Waals surface area contributed by atoms with Crippen LogP contribution in [0.5, 0.6) is 0 Å². The van der Waals surface area contributed by atoms with Gasteiger partial charge in [-0.15, -0.1) is 11.8 Å². The molecular formula is C9H10N2S. The lowest BCUT2D eigenvalue weighted by molar-refractivity contribution is 1.23. The Morgan fingerprint density at radius 3 is 2.50 bits per heavy atom. The molecule has 0 bridgehead atoms. The Morgan fingerprint density at radius 1 is 1.42 bits per heavy atom. The fourth-order valence-corrected chi connectivity index (χ4v) is 1.53. The van der Waals surface area contributed by atoms with Gasteiger partial charge in [0, 0.05) is 10.6 Å². The third-order valence-corrected chi connectivity index (χ3v) is 2.38. The van der Waals surface area contributed by atoms with Crippen LogP contribution in [0.3, 0.4) is 0 Å². The van der Waals surface area contributed by atoms with Gasteiger partial charge in [0.15, 0.2) is 0 Å². The molecule has 0 aromatic heterocycles. The van der Waals surface area contributed by atoms with Gasteiger partial charge in [-0.25, -0.2) is 0 Å². The van der Waals surface area contributed by atoms with Gasteiger partial charge in [0.05, 0.1) is 11.3 Å². The molecule has 0 spiro atoms. The van der Waals surface area contributed by atoms with E-state index in [0.717, 1.165) is 10.6 Å². The molecule has 0 aliphatic carbocycles. The molecule has 1 atom stereocenters. The molecule has 0 amide bonds. The first kappa shape index (κ1) is 8.95. The molecule has 0 heterocycles. The Morgan fingerprint density at radius 2 is 2.00 bits per heavy atom. The van der Waals surface area contributed by atoms with Crippen LogP contribution in [0.1, 0.15) is 6.92 Å². The Hall–Kier alpha value is -1.14. The standard InChI is InChI=1S/C9H10N2S/c1-7(6-10)12-9-4-2-8(11)3-5-9/h2-5,7H,11H2,1H3. The molecule has 2 N–H and O–H groups in total. The van der Waals surface area contributed by atoms with Gasteiger partial charge in [-0.05, 0) is 31.2 Å². The maximum atomic E-state index is 8.56. The van der Waals surface area contributed by atoms with E-state index in [4.69, 9.17) is 11.0 Å². The van der Waals surface area contributed by atoms with Crippen LogP contribution in [0.2, 0.25) is 0 Å². The van der Waals surface area contributed by atoms with Crippen molar-refractivity contribution in [3.63, 3.8) is 0 Å². The number of benzene rings is 1. The van der Waals surface area contributed by atoms with Gasteiger partial charge in [-0.1, -0.05) is 0 Å². The molecule has 1 unspecified atom stereocenters. The highest BCUT2D eigenvalue weighted by molar-refractivity contribution is 8.00. The van der Waals surface area contributed by atoms with Gasteiger partial charge in [0.2, 0.25) is 0 Å². The molecule has 62 valence electrons. The molecule has 0 saturated heterocycles. The van der Waals surface area contributed by atoms with Crippen molar-refractivity contribution in [3.8, 4) is 6.07 Å². The van der Waals surface area contributed by atoms with Crippen LogP contribution in [-0.2, 0) is 0 Å². The van der Waals surface area contributed by atoms with Crippen LogP contribution in [0, 0.1) is 11.3 Å². The van der Waals surface area contributed by atoms with Crippen molar-refractivity contribution in [1.82, 2.24) is 0 Å². The zero-order valence-electron chi connectivity index (χ0n) is 6.82. The minimum absolute atomic E-state index is 0.00590. The highest BCUT2D eigenvalue weighted by atomic mass is 32.2. The van der Waals surface area contributed by atoms with E-state index in [2.05, 4.69) is 6.07 Å². The van der Waals surface area contributed by atoms with Gasteiger partial charge in [0.1, 0.15) is 0 Å². The third-order valence-electron chi connectivity index (χ3n) is 1.37. The first-order chi connectivity index (χ1) is 5.72. The molecule has 1 rings (SSSR count). The van der Waals surface area contributed by atoms with Crippen molar-refractivity contribution in [3.05, 3.63) is 24.3 Å². The molecule has 1 aromatic carbocycles. The number of nitrogens with zero attached hydrogens (tertiary/aromatic N) is 1. The number of hydrogen-bond donors (Lipinski definition) is 1. The summed E-state index contributed by atoms with van der Waals surface area (Å²) in [6, 6.07) is 9.69. The normalized spacial score (nSPS) is 12.0. The lowest BCUT2D eigenvalue weighted by atomic mass is 10.3. The molecule has 0 fully saturated rings. The monoisotopic (exact) mass is 178 g/mol. The summed E-state index contributed by atoms with van der Waals surface area (Å²) in [5, 5.41) is 8.55. The lowest BCUT2D eigenvalue weighted by Crippen LogP contribution is -1.89. The van der Waals surface area contributed by atoms with Gasteiger partial charge in [-0.3, -0.25) is 0 Å². The Bertz CT molecular complexity index is 286. The van der Waals surface area contributed by atoms with E-state index in [1.807, 2.05) is 31.2 Å². The van der Waals surface area contributed by atoms with Crippen molar-refractivity contribution in [1.29, 1.82) is 5.26 Å². The zero-order valence-corrected chi connectivity index (χ0v) is 7.64. The maximum absolute atomic E-state index is 8.56. The van der Waals surface area contributed by atoms with Gasteiger partial charge >= 0.3 is 0 Å². The second kappa shape index (κ2) is 4.03. The largest absolute Gasteiger partial charge is 0.399 e. The molecule has 2 nitrogen and oxygen atoms in total. The number of nitrogen functional groups attached to an aromatic ring is 1. The lowest BCUT2D eigenvalue weighted by Gasteiger charge is -2.01. The van der Waals surface area contributed by atoms with Crippen LogP contribution in [0.25, 0.3) is 0 Å². The molecule has 12 heavy (non-hydrogen) atoms. The number of hydrogen-bond acceptors (Lipinski definition) is 3. The van der Waals surface area contributed by atoms with Crippen LogP contribution >= 0.6 is 11.8 Å². The SMILES string of the molecule is CC(C#N)Sc1ccc(N)cc1. The molecule has 3 heteroatoms. The number of nitriles is 1. The van der Waals surface area contributed by atoms with Crippen molar-refractivity contribution < 1.29 is 0 Å². The summed E-state index contributed by atoms with van der Waals surface area (Å²) in [7, 11) is 0. The molecule has 0 saturated carbocycles. The predicted molar refractivity (Wildman–Crippen MR) is 51.8 cm³/mol. The first-order valence-electron chi connectivity index (χ1n) is 3.64. The summed E-state index contributed by atoms with van der Waals surface area (Å²) >= 11 is 1.54. The van der Waals surface area contributed by atoms with E-state index in [1.54, 1.807) is 0 Å². The van der Waals surface area contributed by atoms with E-state index >= 15 is 0 Å². The van der Waals surface area contributed by atoms with Gasteiger partial charge in [0.25, 0.3) is 0 Å². The average Bonchev–Trinajstić information content (AvgIpc) is 2.09. The second-order valence-corrected chi connectivity index (χ2v) is 3.87. The summed E-state index contributed by atoms with van der Waals surface area (Å²) in [5.74, 6) is 0. The molecule has 0 radical (unpaired) electrons. The predicted octanol–water partition coefficient (Wildman–Crippen LogP) is 2.27. The topological polar surface area (TPSA) is 49.8 Å². The van der Waals surface area contributed by atoms with E-state index < -0.39 is 0 Å². The molecule has 1 aromatic rings. The first-order valence-corrected chi connectivity index (χ1v) is 4.52. The number of anilines is 1. The fourth-order valence-electron chi connectivity index (χ4n) is 0.777. The zero-order chi connectivity index (χ0) is 8.97. The quantitative estimate of drug-likeness (QED) is 0.558.